The molecule has 0 spiro atoms. The molecule has 1 aromatic heterocycles. The molecule has 2 rings (SSSR count). The Hall–Kier alpha value is -0.920. The van der Waals surface area contributed by atoms with E-state index in [2.05, 4.69) is 10.5 Å². The molecule has 0 amide bonds. The highest BCUT2D eigenvalue weighted by molar-refractivity contribution is 7.92. The third-order valence-electron chi connectivity index (χ3n) is 3.93. The summed E-state index contributed by atoms with van der Waals surface area (Å²) in [6.45, 7) is 0. The van der Waals surface area contributed by atoms with Crippen molar-refractivity contribution in [1.29, 1.82) is 0 Å². The van der Waals surface area contributed by atoms with Crippen LogP contribution in [0.3, 0.4) is 0 Å². The van der Waals surface area contributed by atoms with Crippen LogP contribution in [0.1, 0.15) is 31.4 Å². The van der Waals surface area contributed by atoms with Gasteiger partial charge in [0.15, 0.2) is 9.84 Å². The average molecular weight is 286 g/mol. The van der Waals surface area contributed by atoms with Crippen LogP contribution in [-0.2, 0) is 23.3 Å². The smallest absolute Gasteiger partial charge is 0.154 e. The van der Waals surface area contributed by atoms with E-state index in [1.54, 1.807) is 6.20 Å². The first-order valence-electron chi connectivity index (χ1n) is 6.69. The Balaban J connectivity index is 2.02. The van der Waals surface area contributed by atoms with Crippen molar-refractivity contribution >= 4 is 9.84 Å². The summed E-state index contributed by atoms with van der Waals surface area (Å²) in [5.74, 6) is 5.86. The van der Waals surface area contributed by atoms with Crippen LogP contribution in [0.15, 0.2) is 12.3 Å². The number of nitrogens with two attached hydrogens (primary N) is 1. The third-order valence-corrected chi connectivity index (χ3v) is 6.27. The largest absolute Gasteiger partial charge is 0.273 e. The van der Waals surface area contributed by atoms with Crippen molar-refractivity contribution in [2.45, 2.75) is 43.4 Å². The Morgan fingerprint density at radius 2 is 2.37 bits per heavy atom. The van der Waals surface area contributed by atoms with Crippen molar-refractivity contribution in [3.63, 3.8) is 0 Å². The lowest BCUT2D eigenvalue weighted by Gasteiger charge is -2.29. The summed E-state index contributed by atoms with van der Waals surface area (Å²) in [6, 6.07) is 1.77. The van der Waals surface area contributed by atoms with Crippen LogP contribution in [0.4, 0.5) is 0 Å². The standard InChI is InChI=1S/C12H22N4O2S/c1-16-10(7-8-14-16)5-6-11(15-13)12-4-2-3-9-19(12,17)18/h7-8,11-12,15H,2-6,9,13H2,1H3. The fourth-order valence-corrected chi connectivity index (χ4v) is 4.91. The van der Waals surface area contributed by atoms with Crippen LogP contribution >= 0.6 is 0 Å². The number of hydrogen-bond donors (Lipinski definition) is 2. The molecule has 7 heteroatoms. The van der Waals surface area contributed by atoms with Crippen molar-refractivity contribution in [2.75, 3.05) is 5.75 Å². The van der Waals surface area contributed by atoms with Gasteiger partial charge < -0.3 is 0 Å². The van der Waals surface area contributed by atoms with Gasteiger partial charge in [0.1, 0.15) is 0 Å². The number of nitrogens with one attached hydrogen (secondary N) is 1. The molecule has 0 aromatic carbocycles. The summed E-state index contributed by atoms with van der Waals surface area (Å²) in [7, 11) is -1.11. The molecule has 0 saturated carbocycles. The summed E-state index contributed by atoms with van der Waals surface area (Å²) in [5, 5.41) is 3.76. The maximum Gasteiger partial charge on any atom is 0.154 e. The molecule has 1 aliphatic heterocycles. The van der Waals surface area contributed by atoms with Gasteiger partial charge in [-0.25, -0.2) is 8.42 Å². The maximum absolute atomic E-state index is 12.1. The summed E-state index contributed by atoms with van der Waals surface area (Å²) in [6.07, 6.45) is 5.68. The van der Waals surface area contributed by atoms with Crippen LogP contribution in [0.5, 0.6) is 0 Å². The summed E-state index contributed by atoms with van der Waals surface area (Å²) in [5.41, 5.74) is 3.79. The number of nitrogens with zero attached hydrogens (tertiary/aromatic N) is 2. The minimum Gasteiger partial charge on any atom is -0.273 e. The number of aromatic nitrogens is 2. The molecule has 19 heavy (non-hydrogen) atoms. The van der Waals surface area contributed by atoms with Gasteiger partial charge >= 0.3 is 0 Å². The Morgan fingerprint density at radius 1 is 1.58 bits per heavy atom. The van der Waals surface area contributed by atoms with Gasteiger partial charge in [-0.15, -0.1) is 0 Å². The zero-order valence-electron chi connectivity index (χ0n) is 11.2. The molecule has 108 valence electrons. The van der Waals surface area contributed by atoms with Crippen molar-refractivity contribution in [2.24, 2.45) is 12.9 Å². The molecule has 2 heterocycles. The van der Waals surface area contributed by atoms with Crippen LogP contribution in [-0.4, -0.2) is 35.2 Å². The SMILES string of the molecule is Cn1nccc1CCC(NN)C1CCCCS1(=O)=O. The minimum absolute atomic E-state index is 0.180. The molecule has 1 fully saturated rings. The van der Waals surface area contributed by atoms with Gasteiger partial charge in [-0.3, -0.25) is 16.0 Å². The molecule has 0 radical (unpaired) electrons. The Bertz CT molecular complexity index is 512. The van der Waals surface area contributed by atoms with Crippen molar-refractivity contribution in [3.8, 4) is 0 Å². The lowest BCUT2D eigenvalue weighted by Crippen LogP contribution is -2.49. The average Bonchev–Trinajstić information content (AvgIpc) is 2.77. The molecule has 6 nitrogen and oxygen atoms in total. The lowest BCUT2D eigenvalue weighted by molar-refractivity contribution is 0.420. The fourth-order valence-electron chi connectivity index (χ4n) is 2.76. The summed E-state index contributed by atoms with van der Waals surface area (Å²) < 4.78 is 26.0. The highest BCUT2D eigenvalue weighted by Crippen LogP contribution is 2.24. The Labute approximate surface area is 114 Å². The summed E-state index contributed by atoms with van der Waals surface area (Å²) >= 11 is 0. The van der Waals surface area contributed by atoms with Gasteiger partial charge in [-0.1, -0.05) is 6.42 Å². The van der Waals surface area contributed by atoms with E-state index in [0.29, 0.717) is 18.6 Å². The highest BCUT2D eigenvalue weighted by atomic mass is 32.2. The molecule has 1 aliphatic rings. The maximum atomic E-state index is 12.1. The fraction of sp³-hybridized carbons (Fsp3) is 0.750. The van der Waals surface area contributed by atoms with Crippen molar-refractivity contribution in [3.05, 3.63) is 18.0 Å². The van der Waals surface area contributed by atoms with Crippen LogP contribution in [0.25, 0.3) is 0 Å². The predicted octanol–water partition coefficient (Wildman–Crippen LogP) is 0.152. The molecule has 1 aromatic rings. The molecule has 2 unspecified atom stereocenters. The number of rotatable bonds is 5. The van der Waals surface area contributed by atoms with Gasteiger partial charge in [0.05, 0.1) is 11.0 Å². The van der Waals surface area contributed by atoms with E-state index in [0.717, 1.165) is 25.0 Å². The monoisotopic (exact) mass is 286 g/mol. The number of hydrogen-bond acceptors (Lipinski definition) is 5. The minimum atomic E-state index is -3.00. The van der Waals surface area contributed by atoms with E-state index in [4.69, 9.17) is 5.84 Å². The predicted molar refractivity (Wildman–Crippen MR) is 74.1 cm³/mol. The quantitative estimate of drug-likeness (QED) is 0.594. The zero-order valence-corrected chi connectivity index (χ0v) is 12.1. The molecule has 1 saturated heterocycles. The van der Waals surface area contributed by atoms with Gasteiger partial charge in [0.2, 0.25) is 0 Å². The van der Waals surface area contributed by atoms with Crippen molar-refractivity contribution in [1.82, 2.24) is 15.2 Å². The second kappa shape index (κ2) is 6.02. The van der Waals surface area contributed by atoms with Gasteiger partial charge in [-0.05, 0) is 31.7 Å². The first kappa shape index (κ1) is 14.5. The van der Waals surface area contributed by atoms with Gasteiger partial charge in [0, 0.05) is 25.0 Å². The molecular formula is C12H22N4O2S. The van der Waals surface area contributed by atoms with E-state index < -0.39 is 9.84 Å². The lowest BCUT2D eigenvalue weighted by atomic mass is 10.0. The summed E-state index contributed by atoms with van der Waals surface area (Å²) in [4.78, 5) is 0. The second-order valence-corrected chi connectivity index (χ2v) is 7.50. The van der Waals surface area contributed by atoms with Crippen LogP contribution < -0.4 is 11.3 Å². The van der Waals surface area contributed by atoms with E-state index in [-0.39, 0.29) is 11.3 Å². The van der Waals surface area contributed by atoms with Crippen LogP contribution in [0.2, 0.25) is 0 Å². The molecule has 0 bridgehead atoms. The second-order valence-electron chi connectivity index (χ2n) is 5.16. The highest BCUT2D eigenvalue weighted by Gasteiger charge is 2.34. The Kier molecular flexibility index (Phi) is 4.59. The molecule has 3 N–H and O–H groups in total. The van der Waals surface area contributed by atoms with E-state index >= 15 is 0 Å². The van der Waals surface area contributed by atoms with E-state index in [1.165, 1.54) is 0 Å². The zero-order chi connectivity index (χ0) is 13.9. The first-order valence-corrected chi connectivity index (χ1v) is 8.40. The number of hydrazine groups is 1. The van der Waals surface area contributed by atoms with Crippen molar-refractivity contribution < 1.29 is 8.42 Å². The normalized spacial score (nSPS) is 24.2. The van der Waals surface area contributed by atoms with Crippen LogP contribution in [0, 0.1) is 0 Å². The van der Waals surface area contributed by atoms with E-state index in [1.807, 2.05) is 17.8 Å². The topological polar surface area (TPSA) is 90.0 Å². The third kappa shape index (κ3) is 3.34. The number of sulfone groups is 1. The molecule has 2 atom stereocenters. The van der Waals surface area contributed by atoms with E-state index in [9.17, 15) is 8.42 Å². The first-order chi connectivity index (χ1) is 9.04. The van der Waals surface area contributed by atoms with Gasteiger partial charge in [0.25, 0.3) is 0 Å². The molecular weight excluding hydrogens is 264 g/mol. The Morgan fingerprint density at radius 3 is 2.95 bits per heavy atom. The number of aryl methyl sites for hydroxylation is 2. The van der Waals surface area contributed by atoms with Gasteiger partial charge in [-0.2, -0.15) is 5.10 Å². The molecule has 0 aliphatic carbocycles.